The summed E-state index contributed by atoms with van der Waals surface area (Å²) in [4.78, 5) is 0. The summed E-state index contributed by atoms with van der Waals surface area (Å²) >= 11 is 0. The predicted molar refractivity (Wildman–Crippen MR) is 109 cm³/mol. The molecule has 0 saturated heterocycles. The van der Waals surface area contributed by atoms with Crippen LogP contribution in [-0.4, -0.2) is 5.11 Å². The van der Waals surface area contributed by atoms with Crippen LogP contribution in [0, 0.1) is 11.8 Å². The van der Waals surface area contributed by atoms with Gasteiger partial charge in [-0.25, -0.2) is 0 Å². The van der Waals surface area contributed by atoms with Crippen molar-refractivity contribution in [3.8, 4) is 11.8 Å². The summed E-state index contributed by atoms with van der Waals surface area (Å²) in [5.74, 6) is 5.91. The van der Waals surface area contributed by atoms with E-state index in [1.807, 2.05) is 36.4 Å². The number of alkyl halides is 3. The van der Waals surface area contributed by atoms with Gasteiger partial charge >= 0.3 is 6.18 Å². The molecule has 0 saturated carbocycles. The summed E-state index contributed by atoms with van der Waals surface area (Å²) in [6.45, 7) is 1.48. The lowest BCUT2D eigenvalue weighted by atomic mass is 9.83. The van der Waals surface area contributed by atoms with Crippen LogP contribution in [0.4, 0.5) is 13.2 Å². The van der Waals surface area contributed by atoms with Gasteiger partial charge in [0.15, 0.2) is 0 Å². The summed E-state index contributed by atoms with van der Waals surface area (Å²) in [5, 5.41) is 11.3. The molecule has 1 atom stereocenters. The maximum Gasteiger partial charge on any atom is 0.416 e. The minimum Gasteiger partial charge on any atom is -0.381 e. The normalized spacial score (nSPS) is 13.9. The van der Waals surface area contributed by atoms with Crippen molar-refractivity contribution in [1.29, 1.82) is 0 Å². The number of rotatable bonds is 3. The second-order valence-electron chi connectivity index (χ2n) is 6.71. The molecule has 0 fully saturated rings. The first kappa shape index (κ1) is 20.4. The van der Waals surface area contributed by atoms with Crippen LogP contribution in [0.25, 0.3) is 5.57 Å². The molecule has 0 aromatic heterocycles. The molecule has 4 heteroatoms. The van der Waals surface area contributed by atoms with Crippen LogP contribution >= 0.6 is 0 Å². The fraction of sp³-hybridized carbons (Fsp3) is 0.120. The molecule has 3 aromatic carbocycles. The average Bonchev–Trinajstić information content (AvgIpc) is 2.72. The van der Waals surface area contributed by atoms with Gasteiger partial charge in [-0.3, -0.25) is 0 Å². The lowest BCUT2D eigenvalue weighted by Crippen LogP contribution is -2.24. The SMILES string of the molecule is CC(O)(/C(=C\C#Cc1ccccc1)c1ccccc1)c1cccc(C(F)(F)F)c1. The molecular weight excluding hydrogens is 373 g/mol. The molecule has 0 bridgehead atoms. The van der Waals surface area contributed by atoms with Crippen molar-refractivity contribution in [2.75, 3.05) is 0 Å². The highest BCUT2D eigenvalue weighted by molar-refractivity contribution is 5.75. The first-order chi connectivity index (χ1) is 13.8. The molecule has 0 aliphatic heterocycles. The Kier molecular flexibility index (Phi) is 5.91. The van der Waals surface area contributed by atoms with Crippen LogP contribution in [0.2, 0.25) is 0 Å². The Bertz CT molecular complexity index is 1050. The van der Waals surface area contributed by atoms with E-state index in [2.05, 4.69) is 11.8 Å². The molecule has 0 radical (unpaired) electrons. The summed E-state index contributed by atoms with van der Waals surface area (Å²) in [6.07, 6.45) is -2.93. The number of allylic oxidation sites excluding steroid dienone is 1. The lowest BCUT2D eigenvalue weighted by Gasteiger charge is -2.28. The highest BCUT2D eigenvalue weighted by Crippen LogP contribution is 2.38. The number of hydrogen-bond acceptors (Lipinski definition) is 1. The molecule has 1 N–H and O–H groups in total. The van der Waals surface area contributed by atoms with Gasteiger partial charge < -0.3 is 5.11 Å². The highest BCUT2D eigenvalue weighted by Gasteiger charge is 2.34. The molecule has 0 aliphatic rings. The van der Waals surface area contributed by atoms with E-state index in [0.717, 1.165) is 17.7 Å². The van der Waals surface area contributed by atoms with Gasteiger partial charge in [0, 0.05) is 11.1 Å². The zero-order valence-electron chi connectivity index (χ0n) is 15.7. The monoisotopic (exact) mass is 392 g/mol. The molecule has 1 unspecified atom stereocenters. The van der Waals surface area contributed by atoms with Crippen molar-refractivity contribution < 1.29 is 18.3 Å². The third-order valence-corrected chi connectivity index (χ3v) is 4.57. The Hall–Kier alpha value is -3.29. The molecule has 0 spiro atoms. The standard InChI is InChI=1S/C25H19F3O/c1-24(29,21-15-9-16-22(18-21)25(26,27)28)23(20-13-6-3-7-14-20)17-8-12-19-10-4-2-5-11-19/h2-7,9-11,13-18,29H,1H3/b23-17-. The Morgan fingerprint density at radius 2 is 1.41 bits per heavy atom. The number of hydrogen-bond donors (Lipinski definition) is 1. The van der Waals surface area contributed by atoms with Gasteiger partial charge in [0.25, 0.3) is 0 Å². The summed E-state index contributed by atoms with van der Waals surface area (Å²) in [7, 11) is 0. The van der Waals surface area contributed by atoms with Crippen molar-refractivity contribution >= 4 is 5.57 Å². The first-order valence-electron chi connectivity index (χ1n) is 9.01. The minimum absolute atomic E-state index is 0.143. The smallest absolute Gasteiger partial charge is 0.381 e. The van der Waals surface area contributed by atoms with Crippen molar-refractivity contribution in [3.63, 3.8) is 0 Å². The Morgan fingerprint density at radius 3 is 2.03 bits per heavy atom. The topological polar surface area (TPSA) is 20.2 Å². The van der Waals surface area contributed by atoms with Gasteiger partial charge in [0.05, 0.1) is 5.56 Å². The zero-order chi connectivity index (χ0) is 20.9. The molecule has 0 heterocycles. The quantitative estimate of drug-likeness (QED) is 0.538. The average molecular weight is 392 g/mol. The number of benzene rings is 3. The van der Waals surface area contributed by atoms with E-state index in [4.69, 9.17) is 0 Å². The van der Waals surface area contributed by atoms with E-state index < -0.39 is 17.3 Å². The Labute approximate surface area is 168 Å². The summed E-state index contributed by atoms with van der Waals surface area (Å²) < 4.78 is 39.5. The van der Waals surface area contributed by atoms with Crippen LogP contribution in [0.3, 0.4) is 0 Å². The molecule has 0 amide bonds. The van der Waals surface area contributed by atoms with Gasteiger partial charge in [-0.05, 0) is 48.4 Å². The molecule has 3 rings (SSSR count). The van der Waals surface area contributed by atoms with Gasteiger partial charge in [-0.2, -0.15) is 13.2 Å². The molecule has 0 aliphatic carbocycles. The first-order valence-corrected chi connectivity index (χ1v) is 9.01. The van der Waals surface area contributed by atoms with E-state index in [9.17, 15) is 18.3 Å². The maximum atomic E-state index is 13.2. The van der Waals surface area contributed by atoms with Crippen LogP contribution in [0.5, 0.6) is 0 Å². The van der Waals surface area contributed by atoms with Crippen LogP contribution < -0.4 is 0 Å². The molecule has 29 heavy (non-hydrogen) atoms. The minimum atomic E-state index is -4.49. The fourth-order valence-electron chi connectivity index (χ4n) is 2.99. The van der Waals surface area contributed by atoms with E-state index in [1.165, 1.54) is 19.1 Å². The van der Waals surface area contributed by atoms with Gasteiger partial charge in [0.2, 0.25) is 0 Å². The number of aliphatic hydroxyl groups is 1. The zero-order valence-corrected chi connectivity index (χ0v) is 15.7. The van der Waals surface area contributed by atoms with Crippen molar-refractivity contribution in [2.24, 2.45) is 0 Å². The third-order valence-electron chi connectivity index (χ3n) is 4.57. The van der Waals surface area contributed by atoms with Gasteiger partial charge in [-0.15, -0.1) is 0 Å². The van der Waals surface area contributed by atoms with E-state index in [0.29, 0.717) is 11.1 Å². The molecule has 1 nitrogen and oxygen atoms in total. The second kappa shape index (κ2) is 8.38. The van der Waals surface area contributed by atoms with Crippen LogP contribution in [0.15, 0.2) is 91.0 Å². The molecule has 3 aromatic rings. The molecular formula is C25H19F3O. The van der Waals surface area contributed by atoms with Crippen molar-refractivity contribution in [2.45, 2.75) is 18.7 Å². The third kappa shape index (κ3) is 4.96. The summed E-state index contributed by atoms with van der Waals surface area (Å²) in [5.41, 5.74) is -0.441. The van der Waals surface area contributed by atoms with Gasteiger partial charge in [0.1, 0.15) is 5.60 Å². The highest BCUT2D eigenvalue weighted by atomic mass is 19.4. The second-order valence-corrected chi connectivity index (χ2v) is 6.71. The van der Waals surface area contributed by atoms with Crippen LogP contribution in [-0.2, 0) is 11.8 Å². The van der Waals surface area contributed by atoms with Gasteiger partial charge in [-0.1, -0.05) is 72.5 Å². The van der Waals surface area contributed by atoms with Crippen LogP contribution in [0.1, 0.15) is 29.2 Å². The Balaban J connectivity index is 2.09. The van der Waals surface area contributed by atoms with E-state index >= 15 is 0 Å². The Morgan fingerprint density at radius 1 is 0.828 bits per heavy atom. The largest absolute Gasteiger partial charge is 0.416 e. The van der Waals surface area contributed by atoms with E-state index in [1.54, 1.807) is 30.3 Å². The van der Waals surface area contributed by atoms with Crippen molar-refractivity contribution in [3.05, 3.63) is 113 Å². The maximum absolute atomic E-state index is 13.2. The lowest BCUT2D eigenvalue weighted by molar-refractivity contribution is -0.137. The fourth-order valence-corrected chi connectivity index (χ4v) is 2.99. The molecule has 146 valence electrons. The number of halogens is 3. The predicted octanol–water partition coefficient (Wildman–Crippen LogP) is 6.05. The van der Waals surface area contributed by atoms with E-state index in [-0.39, 0.29) is 5.56 Å². The summed E-state index contributed by atoms with van der Waals surface area (Å²) in [6, 6.07) is 23.1. The van der Waals surface area contributed by atoms with Crippen molar-refractivity contribution in [1.82, 2.24) is 0 Å².